The molecule has 23 heavy (non-hydrogen) atoms. The molecule has 1 aliphatic carbocycles. The second-order valence-electron chi connectivity index (χ2n) is 5.97. The van der Waals surface area contributed by atoms with Gasteiger partial charge in [-0.15, -0.1) is 0 Å². The molecule has 2 rings (SSSR count). The zero-order chi connectivity index (χ0) is 17.0. The van der Waals surface area contributed by atoms with Crippen molar-refractivity contribution >= 4 is 11.5 Å². The predicted molar refractivity (Wildman–Crippen MR) is 86.6 cm³/mol. The highest BCUT2D eigenvalue weighted by Gasteiger charge is 2.33. The highest BCUT2D eigenvalue weighted by atomic mass is 16.6. The average Bonchev–Trinajstić information content (AvgIpc) is 3.00. The quantitative estimate of drug-likeness (QED) is 0.635. The van der Waals surface area contributed by atoms with Crippen LogP contribution in [0, 0.1) is 0 Å². The molecular weight excluding hydrogens is 296 g/mol. The third-order valence-corrected chi connectivity index (χ3v) is 3.91. The van der Waals surface area contributed by atoms with Crippen LogP contribution in [0.1, 0.15) is 70.2 Å². The lowest BCUT2D eigenvalue weighted by Crippen LogP contribution is -2.23. The van der Waals surface area contributed by atoms with Gasteiger partial charge in [-0.05, 0) is 19.3 Å². The number of Topliss-reactive ketones (excluding diaryl/α,β-unsaturated/α-hetero) is 1. The van der Waals surface area contributed by atoms with Gasteiger partial charge in [0.1, 0.15) is 18.1 Å². The van der Waals surface area contributed by atoms with Gasteiger partial charge in [0, 0.05) is 24.8 Å². The molecule has 1 atom stereocenters. The molecule has 0 saturated carbocycles. The van der Waals surface area contributed by atoms with Crippen molar-refractivity contribution < 1.29 is 19.3 Å². The van der Waals surface area contributed by atoms with Crippen LogP contribution in [0.2, 0.25) is 0 Å². The Bertz CT molecular complexity index is 628. The van der Waals surface area contributed by atoms with Crippen molar-refractivity contribution in [3.05, 3.63) is 28.9 Å². The number of allylic oxidation sites excluding steroid dienone is 2. The molecule has 1 aliphatic rings. The van der Waals surface area contributed by atoms with Crippen LogP contribution in [0.3, 0.4) is 0 Å². The topological polar surface area (TPSA) is 84.9 Å². The maximum absolute atomic E-state index is 12.5. The minimum Gasteiger partial charge on any atom is -0.511 e. The first-order chi connectivity index (χ1) is 11.0. The van der Waals surface area contributed by atoms with Gasteiger partial charge in [-0.1, -0.05) is 31.1 Å². The van der Waals surface area contributed by atoms with Gasteiger partial charge in [-0.3, -0.25) is 4.79 Å². The molecule has 126 valence electrons. The molecule has 1 N–H and O–H groups in total. The molecule has 0 amide bonds. The zero-order valence-electron chi connectivity index (χ0n) is 14.1. The van der Waals surface area contributed by atoms with E-state index in [1.165, 1.54) is 0 Å². The molecule has 0 aromatic carbocycles. The number of aromatic nitrogens is 1. The summed E-state index contributed by atoms with van der Waals surface area (Å²) in [5.74, 6) is 0.635. The molecule has 1 aromatic heterocycles. The van der Waals surface area contributed by atoms with Crippen molar-refractivity contribution in [1.29, 1.82) is 0 Å². The Balaban J connectivity index is 2.24. The van der Waals surface area contributed by atoms with Crippen molar-refractivity contribution in [3.8, 4) is 0 Å². The number of hydrogen-bond donors (Lipinski definition) is 1. The molecule has 1 aromatic rings. The first-order valence-corrected chi connectivity index (χ1v) is 8.08. The van der Waals surface area contributed by atoms with Gasteiger partial charge in [0.05, 0.1) is 17.0 Å². The summed E-state index contributed by atoms with van der Waals surface area (Å²) in [5, 5.41) is 18.3. The zero-order valence-corrected chi connectivity index (χ0v) is 14.1. The third-order valence-electron chi connectivity index (χ3n) is 3.91. The van der Waals surface area contributed by atoms with E-state index in [-0.39, 0.29) is 29.8 Å². The summed E-state index contributed by atoms with van der Waals surface area (Å²) < 4.78 is 5.36. The number of hydrogen-bond acceptors (Lipinski definition) is 6. The summed E-state index contributed by atoms with van der Waals surface area (Å²) >= 11 is 0. The van der Waals surface area contributed by atoms with Gasteiger partial charge in [-0.2, -0.15) is 0 Å². The molecule has 6 heteroatoms. The third kappa shape index (κ3) is 3.81. The molecule has 0 radical (unpaired) electrons. The number of rotatable bonds is 6. The summed E-state index contributed by atoms with van der Waals surface area (Å²) in [6, 6.07) is 1.87. The summed E-state index contributed by atoms with van der Waals surface area (Å²) in [6.45, 7) is 8.18. The fourth-order valence-electron chi connectivity index (χ4n) is 2.62. The van der Waals surface area contributed by atoms with Gasteiger partial charge >= 0.3 is 0 Å². The van der Waals surface area contributed by atoms with Crippen molar-refractivity contribution in [2.75, 3.05) is 6.61 Å². The number of aliphatic hydroxyl groups is 1. The van der Waals surface area contributed by atoms with Crippen molar-refractivity contribution in [1.82, 2.24) is 5.16 Å². The van der Waals surface area contributed by atoms with Crippen LogP contribution in [0.5, 0.6) is 0 Å². The second kappa shape index (κ2) is 7.44. The van der Waals surface area contributed by atoms with E-state index in [0.29, 0.717) is 36.5 Å². The smallest absolute Gasteiger partial charge is 0.168 e. The Morgan fingerprint density at radius 1 is 1.48 bits per heavy atom. The number of ketones is 1. The monoisotopic (exact) mass is 320 g/mol. The molecule has 1 unspecified atom stereocenters. The van der Waals surface area contributed by atoms with Crippen molar-refractivity contribution in [2.24, 2.45) is 5.16 Å². The summed E-state index contributed by atoms with van der Waals surface area (Å²) in [4.78, 5) is 17.5. The molecule has 0 fully saturated rings. The minimum absolute atomic E-state index is 0.0500. The highest BCUT2D eigenvalue weighted by Crippen LogP contribution is 2.35. The lowest BCUT2D eigenvalue weighted by molar-refractivity contribution is -0.116. The maximum Gasteiger partial charge on any atom is 0.168 e. The fraction of sp³-hybridized carbons (Fsp3) is 0.588. The molecule has 0 spiro atoms. The Morgan fingerprint density at radius 3 is 2.74 bits per heavy atom. The van der Waals surface area contributed by atoms with Crippen LogP contribution in [0.25, 0.3) is 0 Å². The normalized spacial score (nSPS) is 19.6. The SMILES string of the molecule is CCO/N=C(\CC)C1=C(O)CC(c2cc(C(C)C)no2)CC1=O. The highest BCUT2D eigenvalue weighted by molar-refractivity contribution is 6.23. The molecule has 0 bridgehead atoms. The summed E-state index contributed by atoms with van der Waals surface area (Å²) in [7, 11) is 0. The molecule has 6 nitrogen and oxygen atoms in total. The maximum atomic E-state index is 12.5. The van der Waals surface area contributed by atoms with E-state index < -0.39 is 0 Å². The Hall–Kier alpha value is -2.11. The van der Waals surface area contributed by atoms with E-state index in [1.807, 2.05) is 33.8 Å². The van der Waals surface area contributed by atoms with Gasteiger partial charge < -0.3 is 14.5 Å². The number of aliphatic hydroxyl groups excluding tert-OH is 1. The Kier molecular flexibility index (Phi) is 5.58. The Morgan fingerprint density at radius 2 is 2.22 bits per heavy atom. The second-order valence-corrected chi connectivity index (χ2v) is 5.97. The van der Waals surface area contributed by atoms with Crippen LogP contribution in [0.4, 0.5) is 0 Å². The van der Waals surface area contributed by atoms with Crippen LogP contribution < -0.4 is 0 Å². The van der Waals surface area contributed by atoms with Gasteiger partial charge in [-0.25, -0.2) is 0 Å². The van der Waals surface area contributed by atoms with E-state index in [9.17, 15) is 9.90 Å². The van der Waals surface area contributed by atoms with Crippen LogP contribution in [-0.2, 0) is 9.63 Å². The first-order valence-electron chi connectivity index (χ1n) is 8.08. The lowest BCUT2D eigenvalue weighted by Gasteiger charge is -2.21. The van der Waals surface area contributed by atoms with E-state index in [0.717, 1.165) is 5.69 Å². The van der Waals surface area contributed by atoms with Gasteiger partial charge in [0.15, 0.2) is 5.78 Å². The summed E-state index contributed by atoms with van der Waals surface area (Å²) in [6.07, 6.45) is 1.14. The predicted octanol–water partition coefficient (Wildman–Crippen LogP) is 3.86. The fourth-order valence-corrected chi connectivity index (χ4v) is 2.62. The largest absolute Gasteiger partial charge is 0.511 e. The van der Waals surface area contributed by atoms with E-state index >= 15 is 0 Å². The lowest BCUT2D eigenvalue weighted by atomic mass is 9.83. The summed E-state index contributed by atoms with van der Waals surface area (Å²) in [5.41, 5.74) is 1.64. The van der Waals surface area contributed by atoms with Crippen molar-refractivity contribution in [2.45, 2.75) is 58.8 Å². The van der Waals surface area contributed by atoms with Crippen molar-refractivity contribution in [3.63, 3.8) is 0 Å². The number of carbonyl (C=O) groups excluding carboxylic acids is 1. The van der Waals surface area contributed by atoms with Crippen LogP contribution in [0.15, 0.2) is 27.1 Å². The van der Waals surface area contributed by atoms with E-state index in [1.54, 1.807) is 0 Å². The van der Waals surface area contributed by atoms with Crippen LogP contribution in [-0.4, -0.2) is 28.4 Å². The first kappa shape index (κ1) is 17.2. The average molecular weight is 320 g/mol. The molecule has 0 aliphatic heterocycles. The number of nitrogens with zero attached hydrogens (tertiary/aromatic N) is 2. The standard InChI is InChI=1S/C17H24N2O4/c1-5-12(18-22-6-2)17-14(20)7-11(8-15(17)21)16-9-13(10(3)4)19-23-16/h9-11,20H,5-8H2,1-4H3/b18-12+. The Labute approximate surface area is 136 Å². The van der Waals surface area contributed by atoms with E-state index in [2.05, 4.69) is 10.3 Å². The molecule has 1 heterocycles. The van der Waals surface area contributed by atoms with E-state index in [4.69, 9.17) is 9.36 Å². The van der Waals surface area contributed by atoms with Gasteiger partial charge in [0.25, 0.3) is 0 Å². The molecule has 0 saturated heterocycles. The molecular formula is C17H24N2O4. The van der Waals surface area contributed by atoms with Gasteiger partial charge in [0.2, 0.25) is 0 Å². The number of carbonyl (C=O) groups is 1. The minimum atomic E-state index is -0.184. The number of oxime groups is 1. The van der Waals surface area contributed by atoms with Crippen LogP contribution >= 0.6 is 0 Å².